The lowest BCUT2D eigenvalue weighted by molar-refractivity contribution is 0.488. The van der Waals surface area contributed by atoms with Gasteiger partial charge in [0, 0.05) is 33.6 Å². The van der Waals surface area contributed by atoms with Gasteiger partial charge in [-0.05, 0) is 149 Å². The second-order valence-electron chi connectivity index (χ2n) is 18.8. The zero-order valence-corrected chi connectivity index (χ0v) is 38.5. The van der Waals surface area contributed by atoms with Crippen LogP contribution in [0.3, 0.4) is 0 Å². The standard InChI is InChI=1S/C67H47NO/c1-67(2)61-24-12-11-21-57(61)58-40-39-54(43-62(58)67)68(52-35-31-46(32-36-52)44-15-5-3-6-16-44)53-37-33-47(34-38-53)45-27-29-49(30-28-45)56-23-14-26-64-66(56)60-42-51-20-10-9-19-50(51)41-59(60)65-55(22-13-25-63(65)69-64)48-17-7-4-8-18-48/h3-43H,1-2H3. The number of rotatable bonds is 7. The topological polar surface area (TPSA) is 12.5 Å². The molecule has 2 aliphatic rings. The number of hydrogen-bond donors (Lipinski definition) is 0. The van der Waals surface area contributed by atoms with Crippen LogP contribution in [0.25, 0.3) is 88.7 Å². The van der Waals surface area contributed by atoms with Gasteiger partial charge in [0.15, 0.2) is 0 Å². The molecule has 2 heteroatoms. The smallest absolute Gasteiger partial charge is 0.135 e. The minimum Gasteiger partial charge on any atom is -0.456 e. The highest BCUT2D eigenvalue weighted by molar-refractivity contribution is 6.06. The minimum absolute atomic E-state index is 0.110. The molecule has 11 aromatic carbocycles. The molecule has 0 bridgehead atoms. The Balaban J connectivity index is 0.873. The van der Waals surface area contributed by atoms with Crippen molar-refractivity contribution in [3.8, 4) is 89.4 Å². The lowest BCUT2D eigenvalue weighted by atomic mass is 9.82. The molecular formula is C67H47NO. The second-order valence-corrected chi connectivity index (χ2v) is 18.8. The van der Waals surface area contributed by atoms with Crippen LogP contribution < -0.4 is 9.64 Å². The lowest BCUT2D eigenvalue weighted by Crippen LogP contribution is -2.16. The normalized spacial score (nSPS) is 12.7. The van der Waals surface area contributed by atoms with Crippen molar-refractivity contribution in [3.05, 3.63) is 260 Å². The van der Waals surface area contributed by atoms with Crippen molar-refractivity contribution >= 4 is 27.8 Å². The summed E-state index contributed by atoms with van der Waals surface area (Å²) in [7, 11) is 0. The van der Waals surface area contributed by atoms with Crippen LogP contribution in [0.4, 0.5) is 17.1 Å². The molecular weight excluding hydrogens is 835 g/mol. The summed E-state index contributed by atoms with van der Waals surface area (Å²) in [5, 5.41) is 2.40. The maximum absolute atomic E-state index is 6.99. The molecule has 0 radical (unpaired) electrons. The molecule has 11 aromatic rings. The van der Waals surface area contributed by atoms with Crippen LogP contribution in [0.2, 0.25) is 0 Å². The molecule has 0 saturated heterocycles. The van der Waals surface area contributed by atoms with E-state index >= 15 is 0 Å². The number of fused-ring (bicyclic) bond motifs is 9. The first-order chi connectivity index (χ1) is 34.0. The summed E-state index contributed by atoms with van der Waals surface area (Å²) in [5.41, 5.74) is 22.5. The van der Waals surface area contributed by atoms with Crippen LogP contribution in [0, 0.1) is 0 Å². The molecule has 1 heterocycles. The fourth-order valence-corrected chi connectivity index (χ4v) is 11.0. The van der Waals surface area contributed by atoms with Crippen LogP contribution in [-0.2, 0) is 5.41 Å². The van der Waals surface area contributed by atoms with Crippen molar-refractivity contribution in [2.24, 2.45) is 0 Å². The Morgan fingerprint density at radius 2 is 0.696 bits per heavy atom. The van der Waals surface area contributed by atoms with Gasteiger partial charge >= 0.3 is 0 Å². The summed E-state index contributed by atoms with van der Waals surface area (Å²) < 4.78 is 6.99. The van der Waals surface area contributed by atoms with Crippen molar-refractivity contribution in [1.29, 1.82) is 0 Å². The largest absolute Gasteiger partial charge is 0.456 e. The predicted molar refractivity (Wildman–Crippen MR) is 289 cm³/mol. The van der Waals surface area contributed by atoms with Gasteiger partial charge in [0.25, 0.3) is 0 Å². The summed E-state index contributed by atoms with van der Waals surface area (Å²) in [6, 6.07) is 90.4. The van der Waals surface area contributed by atoms with Crippen LogP contribution in [0.1, 0.15) is 25.0 Å². The summed E-state index contributed by atoms with van der Waals surface area (Å²) in [5.74, 6) is 1.71. The van der Waals surface area contributed by atoms with E-state index in [1.807, 2.05) is 0 Å². The van der Waals surface area contributed by atoms with E-state index in [2.05, 4.69) is 267 Å². The highest BCUT2D eigenvalue weighted by Gasteiger charge is 2.36. The van der Waals surface area contributed by atoms with E-state index in [4.69, 9.17) is 4.74 Å². The molecule has 1 aliphatic carbocycles. The van der Waals surface area contributed by atoms with Crippen molar-refractivity contribution in [3.63, 3.8) is 0 Å². The number of hydrogen-bond acceptors (Lipinski definition) is 2. The average molecular weight is 882 g/mol. The number of ether oxygens (including phenoxy) is 1. The van der Waals surface area contributed by atoms with Crippen molar-refractivity contribution in [2.45, 2.75) is 19.3 Å². The first kappa shape index (κ1) is 40.5. The van der Waals surface area contributed by atoms with Crippen LogP contribution in [-0.4, -0.2) is 0 Å². The molecule has 2 nitrogen and oxygen atoms in total. The van der Waals surface area contributed by atoms with Gasteiger partial charge in [0.1, 0.15) is 11.5 Å². The predicted octanol–water partition coefficient (Wildman–Crippen LogP) is 18.7. The van der Waals surface area contributed by atoms with Gasteiger partial charge in [-0.1, -0.05) is 202 Å². The van der Waals surface area contributed by atoms with Gasteiger partial charge < -0.3 is 9.64 Å². The first-order valence-electron chi connectivity index (χ1n) is 23.9. The van der Waals surface area contributed by atoms with Gasteiger partial charge in [-0.25, -0.2) is 0 Å². The molecule has 69 heavy (non-hydrogen) atoms. The number of benzene rings is 11. The Labute approximate surface area is 404 Å². The Morgan fingerprint density at radius 3 is 1.26 bits per heavy atom. The van der Waals surface area contributed by atoms with Crippen LogP contribution in [0.15, 0.2) is 249 Å². The molecule has 326 valence electrons. The molecule has 0 atom stereocenters. The summed E-state index contributed by atoms with van der Waals surface area (Å²) in [6.45, 7) is 4.70. The van der Waals surface area contributed by atoms with E-state index < -0.39 is 0 Å². The Bertz CT molecular complexity index is 3740. The quantitative estimate of drug-likeness (QED) is 0.158. The van der Waals surface area contributed by atoms with Crippen molar-refractivity contribution in [1.82, 2.24) is 0 Å². The van der Waals surface area contributed by atoms with Crippen molar-refractivity contribution < 1.29 is 4.74 Å². The molecule has 0 spiro atoms. The third-order valence-corrected chi connectivity index (χ3v) is 14.5. The summed E-state index contributed by atoms with van der Waals surface area (Å²) >= 11 is 0. The summed E-state index contributed by atoms with van der Waals surface area (Å²) in [4.78, 5) is 2.40. The van der Waals surface area contributed by atoms with Gasteiger partial charge in [0.05, 0.1) is 0 Å². The Hall–Kier alpha value is -8.72. The fraction of sp³-hybridized carbons (Fsp3) is 0.0448. The summed E-state index contributed by atoms with van der Waals surface area (Å²) in [6.07, 6.45) is 0. The highest BCUT2D eigenvalue weighted by atomic mass is 16.5. The van der Waals surface area contributed by atoms with Crippen LogP contribution >= 0.6 is 0 Å². The zero-order valence-electron chi connectivity index (χ0n) is 38.5. The number of nitrogens with zero attached hydrogens (tertiary/aromatic N) is 1. The van der Waals surface area contributed by atoms with Crippen molar-refractivity contribution in [2.75, 3.05) is 4.90 Å². The fourth-order valence-electron chi connectivity index (χ4n) is 11.0. The van der Waals surface area contributed by atoms with Crippen LogP contribution in [0.5, 0.6) is 11.5 Å². The molecule has 0 aromatic heterocycles. The maximum atomic E-state index is 6.99. The van der Waals surface area contributed by atoms with Gasteiger partial charge in [0.2, 0.25) is 0 Å². The van der Waals surface area contributed by atoms with E-state index in [-0.39, 0.29) is 5.41 Å². The zero-order chi connectivity index (χ0) is 46.1. The molecule has 0 N–H and O–H groups in total. The molecule has 13 rings (SSSR count). The third kappa shape index (κ3) is 6.87. The monoisotopic (exact) mass is 881 g/mol. The first-order valence-corrected chi connectivity index (χ1v) is 23.9. The van der Waals surface area contributed by atoms with E-state index in [0.29, 0.717) is 0 Å². The minimum atomic E-state index is -0.110. The lowest BCUT2D eigenvalue weighted by Gasteiger charge is -2.28. The molecule has 1 aliphatic heterocycles. The Kier molecular flexibility index (Phi) is 9.55. The van der Waals surface area contributed by atoms with E-state index in [1.54, 1.807) is 0 Å². The average Bonchev–Trinajstić information content (AvgIpc) is 3.54. The van der Waals surface area contributed by atoms with E-state index in [9.17, 15) is 0 Å². The van der Waals surface area contributed by atoms with Gasteiger partial charge in [-0.3, -0.25) is 0 Å². The maximum Gasteiger partial charge on any atom is 0.135 e. The van der Waals surface area contributed by atoms with E-state index in [0.717, 1.165) is 78.6 Å². The molecule has 0 unspecified atom stereocenters. The van der Waals surface area contributed by atoms with Gasteiger partial charge in [-0.2, -0.15) is 0 Å². The third-order valence-electron chi connectivity index (χ3n) is 14.5. The SMILES string of the molecule is CC1(C)c2ccccc2-c2ccc(N(c3ccc(-c4ccccc4)cc3)c3ccc(-c4ccc(-c5cccc6c5-c5cc7ccccc7cc5-c5c(cccc5-c5ccccc5)O6)cc4)cc3)cc21. The molecule has 0 fully saturated rings. The highest BCUT2D eigenvalue weighted by Crippen LogP contribution is 2.54. The van der Waals surface area contributed by atoms with E-state index in [1.165, 1.54) is 49.7 Å². The van der Waals surface area contributed by atoms with Gasteiger partial charge in [-0.15, -0.1) is 0 Å². The molecule has 0 amide bonds. The Morgan fingerprint density at radius 1 is 0.290 bits per heavy atom. The second kappa shape index (κ2) is 16.3. The molecule has 0 saturated carbocycles. The number of anilines is 3.